The van der Waals surface area contributed by atoms with Crippen molar-refractivity contribution < 1.29 is 4.39 Å². The van der Waals surface area contributed by atoms with E-state index in [-0.39, 0.29) is 5.82 Å². The molecule has 0 aliphatic carbocycles. The molecule has 2 rings (SSSR count). The van der Waals surface area contributed by atoms with Gasteiger partial charge in [-0.1, -0.05) is 0 Å². The molecule has 0 saturated carbocycles. The number of imidazole rings is 1. The summed E-state index contributed by atoms with van der Waals surface area (Å²) in [6, 6.07) is 3.53. The molecule has 0 saturated heterocycles. The summed E-state index contributed by atoms with van der Waals surface area (Å²) in [5.74, 6) is 0.449. The number of hydrogen-bond acceptors (Lipinski definition) is 2. The molecule has 1 heterocycles. The first-order chi connectivity index (χ1) is 8.88. The highest BCUT2D eigenvalue weighted by Crippen LogP contribution is 2.27. The second-order valence-electron chi connectivity index (χ2n) is 4.91. The lowest BCUT2D eigenvalue weighted by molar-refractivity contribution is 0.606. The normalized spacial score (nSPS) is 11.1. The predicted molar refractivity (Wildman–Crippen MR) is 79.5 cm³/mol. The first-order valence-electron chi connectivity index (χ1n) is 6.16. The number of anilines is 2. The number of rotatable bonds is 3. The second-order valence-corrected chi connectivity index (χ2v) is 5.77. The average Bonchev–Trinajstić information content (AvgIpc) is 2.67. The van der Waals surface area contributed by atoms with Crippen molar-refractivity contribution in [2.45, 2.75) is 33.7 Å². The number of benzene rings is 1. The van der Waals surface area contributed by atoms with Crippen molar-refractivity contribution in [2.75, 3.05) is 5.32 Å². The molecule has 0 atom stereocenters. The van der Waals surface area contributed by atoms with Gasteiger partial charge in [0, 0.05) is 17.9 Å². The van der Waals surface area contributed by atoms with E-state index < -0.39 is 0 Å². The Balaban J connectivity index is 2.39. The molecular formula is C14H17BrFN3. The Morgan fingerprint density at radius 2 is 2.00 bits per heavy atom. The minimum Gasteiger partial charge on any atom is -0.325 e. The van der Waals surface area contributed by atoms with E-state index >= 15 is 0 Å². The Kier molecular flexibility index (Phi) is 3.94. The van der Waals surface area contributed by atoms with Crippen LogP contribution in [0.15, 0.2) is 22.8 Å². The highest BCUT2D eigenvalue weighted by Gasteiger charge is 2.11. The first-order valence-corrected chi connectivity index (χ1v) is 6.96. The summed E-state index contributed by atoms with van der Waals surface area (Å²) >= 11 is 3.18. The molecule has 0 bridgehead atoms. The molecule has 0 radical (unpaired) electrons. The van der Waals surface area contributed by atoms with Crippen LogP contribution in [0, 0.1) is 19.7 Å². The number of aryl methyl sites for hydroxylation is 2. The van der Waals surface area contributed by atoms with Crippen LogP contribution in [0.1, 0.15) is 31.1 Å². The highest BCUT2D eigenvalue weighted by molar-refractivity contribution is 9.10. The average molecular weight is 326 g/mol. The van der Waals surface area contributed by atoms with E-state index in [9.17, 15) is 4.39 Å². The zero-order valence-electron chi connectivity index (χ0n) is 11.5. The van der Waals surface area contributed by atoms with Crippen LogP contribution in [0.25, 0.3) is 0 Å². The van der Waals surface area contributed by atoms with Gasteiger partial charge < -0.3 is 9.88 Å². The first kappa shape index (κ1) is 14.1. The van der Waals surface area contributed by atoms with Crippen molar-refractivity contribution in [1.82, 2.24) is 9.55 Å². The van der Waals surface area contributed by atoms with Gasteiger partial charge in [-0.2, -0.15) is 0 Å². The van der Waals surface area contributed by atoms with Crippen molar-refractivity contribution in [2.24, 2.45) is 0 Å². The van der Waals surface area contributed by atoms with Crippen molar-refractivity contribution in [1.29, 1.82) is 0 Å². The molecule has 0 aliphatic rings. The summed E-state index contributed by atoms with van der Waals surface area (Å²) in [4.78, 5) is 4.44. The molecule has 3 nitrogen and oxygen atoms in total. The Hall–Kier alpha value is -1.36. The number of halogens is 2. The van der Waals surface area contributed by atoms with E-state index in [4.69, 9.17) is 0 Å². The van der Waals surface area contributed by atoms with Gasteiger partial charge in [0.25, 0.3) is 0 Å². The topological polar surface area (TPSA) is 29.9 Å². The third kappa shape index (κ3) is 2.97. The lowest BCUT2D eigenvalue weighted by Gasteiger charge is -2.14. The smallest absolute Gasteiger partial charge is 0.207 e. The van der Waals surface area contributed by atoms with Crippen LogP contribution in [0.4, 0.5) is 16.0 Å². The van der Waals surface area contributed by atoms with Crippen LogP contribution in [0.5, 0.6) is 0 Å². The van der Waals surface area contributed by atoms with Gasteiger partial charge in [0.1, 0.15) is 5.82 Å². The minimum absolute atomic E-state index is 0.285. The van der Waals surface area contributed by atoms with Crippen LogP contribution in [0.3, 0.4) is 0 Å². The van der Waals surface area contributed by atoms with Gasteiger partial charge in [-0.15, -0.1) is 0 Å². The third-order valence-corrected chi connectivity index (χ3v) is 3.53. The van der Waals surface area contributed by atoms with Gasteiger partial charge in [0.05, 0.1) is 10.2 Å². The Morgan fingerprint density at radius 3 is 2.63 bits per heavy atom. The van der Waals surface area contributed by atoms with Gasteiger partial charge in [0.15, 0.2) is 0 Å². The molecule has 19 heavy (non-hydrogen) atoms. The fraction of sp³-hybridized carbons (Fsp3) is 0.357. The summed E-state index contributed by atoms with van der Waals surface area (Å²) in [5, 5.41) is 3.20. The Morgan fingerprint density at radius 1 is 1.32 bits per heavy atom. The van der Waals surface area contributed by atoms with Crippen molar-refractivity contribution in [3.8, 4) is 0 Å². The maximum absolute atomic E-state index is 13.6. The monoisotopic (exact) mass is 325 g/mol. The van der Waals surface area contributed by atoms with Gasteiger partial charge in [-0.3, -0.25) is 0 Å². The lowest BCUT2D eigenvalue weighted by Crippen LogP contribution is -2.06. The zero-order valence-corrected chi connectivity index (χ0v) is 13.0. The Labute approximate surface area is 121 Å². The van der Waals surface area contributed by atoms with Gasteiger partial charge >= 0.3 is 0 Å². The molecule has 2 aromatic rings. The van der Waals surface area contributed by atoms with Crippen LogP contribution < -0.4 is 5.32 Å². The maximum atomic E-state index is 13.6. The van der Waals surface area contributed by atoms with Crippen LogP contribution in [-0.4, -0.2) is 9.55 Å². The standard InChI is InChI=1S/C14H17BrFN3/c1-8(2)19-7-10(4)17-14(19)18-13-6-12(16)11(15)5-9(13)3/h5-8H,1-4H3,(H,17,18). The number of hydrogen-bond donors (Lipinski definition) is 1. The molecule has 1 N–H and O–H groups in total. The molecule has 0 spiro atoms. The lowest BCUT2D eigenvalue weighted by atomic mass is 10.2. The molecule has 102 valence electrons. The highest BCUT2D eigenvalue weighted by atomic mass is 79.9. The number of nitrogens with one attached hydrogen (secondary N) is 1. The summed E-state index contributed by atoms with van der Waals surface area (Å²) in [6.07, 6.45) is 1.98. The quantitative estimate of drug-likeness (QED) is 0.884. The van der Waals surface area contributed by atoms with Crippen LogP contribution in [-0.2, 0) is 0 Å². The molecule has 5 heteroatoms. The second kappa shape index (κ2) is 5.33. The van der Waals surface area contributed by atoms with Gasteiger partial charge in [0.2, 0.25) is 5.95 Å². The van der Waals surface area contributed by atoms with Crippen molar-refractivity contribution in [3.63, 3.8) is 0 Å². The largest absolute Gasteiger partial charge is 0.325 e. The molecule has 0 unspecified atom stereocenters. The Bertz CT molecular complexity index is 605. The third-order valence-electron chi connectivity index (χ3n) is 2.92. The van der Waals surface area contributed by atoms with E-state index in [1.165, 1.54) is 6.07 Å². The zero-order chi connectivity index (χ0) is 14.2. The number of aromatic nitrogens is 2. The summed E-state index contributed by atoms with van der Waals surface area (Å²) in [6.45, 7) is 8.05. The predicted octanol–water partition coefficient (Wildman–Crippen LogP) is 4.73. The SMILES string of the molecule is Cc1cn(C(C)C)c(Nc2cc(F)c(Br)cc2C)n1. The fourth-order valence-electron chi connectivity index (χ4n) is 1.90. The van der Waals surface area contributed by atoms with Crippen LogP contribution >= 0.6 is 15.9 Å². The van der Waals surface area contributed by atoms with E-state index in [1.54, 1.807) is 6.07 Å². The summed E-state index contributed by atoms with van der Waals surface area (Å²) < 4.78 is 16.1. The summed E-state index contributed by atoms with van der Waals surface area (Å²) in [5.41, 5.74) is 2.63. The molecule has 0 fully saturated rings. The van der Waals surface area contributed by atoms with E-state index in [1.807, 2.05) is 24.6 Å². The molecule has 1 aromatic heterocycles. The number of nitrogens with zero attached hydrogens (tertiary/aromatic N) is 2. The van der Waals surface area contributed by atoms with Crippen LogP contribution in [0.2, 0.25) is 0 Å². The van der Waals surface area contributed by atoms with Crippen molar-refractivity contribution >= 4 is 27.6 Å². The van der Waals surface area contributed by atoms with Crippen molar-refractivity contribution in [3.05, 3.63) is 39.9 Å². The fourth-order valence-corrected chi connectivity index (χ4v) is 2.36. The molecule has 0 amide bonds. The minimum atomic E-state index is -0.285. The van der Waals surface area contributed by atoms with E-state index in [0.29, 0.717) is 10.5 Å². The van der Waals surface area contributed by atoms with E-state index in [0.717, 1.165) is 22.9 Å². The maximum Gasteiger partial charge on any atom is 0.207 e. The van der Waals surface area contributed by atoms with E-state index in [2.05, 4.69) is 40.1 Å². The van der Waals surface area contributed by atoms with Gasteiger partial charge in [-0.05, 0) is 61.3 Å². The molecule has 1 aromatic carbocycles. The van der Waals surface area contributed by atoms with Gasteiger partial charge in [-0.25, -0.2) is 9.37 Å². The molecular weight excluding hydrogens is 309 g/mol. The molecule has 0 aliphatic heterocycles. The summed E-state index contributed by atoms with van der Waals surface area (Å²) in [7, 11) is 0.